The standard InChI is InChI=1S/C11H15NO/c1-2-10-8-13-11-6-4-3-5-9(11)7-12-10/h3-6,10,12H,2,7-8H2,1H3/t10-/m1/s1. The van der Waals surface area contributed by atoms with Gasteiger partial charge < -0.3 is 10.1 Å². The fourth-order valence-corrected chi connectivity index (χ4v) is 1.56. The van der Waals surface area contributed by atoms with Crippen LogP contribution in [0.1, 0.15) is 18.9 Å². The molecule has 2 heteroatoms. The summed E-state index contributed by atoms with van der Waals surface area (Å²) in [5, 5.41) is 3.46. The minimum atomic E-state index is 0.493. The maximum atomic E-state index is 5.69. The average Bonchev–Trinajstić information content (AvgIpc) is 2.39. The number of hydrogen-bond donors (Lipinski definition) is 1. The Bertz CT molecular complexity index is 258. The zero-order chi connectivity index (χ0) is 9.10. The molecule has 0 bridgehead atoms. The van der Waals surface area contributed by atoms with Crippen LogP contribution in [0.3, 0.4) is 0 Å². The topological polar surface area (TPSA) is 21.3 Å². The Morgan fingerprint density at radius 1 is 1.46 bits per heavy atom. The van der Waals surface area contributed by atoms with Gasteiger partial charge in [-0.15, -0.1) is 0 Å². The van der Waals surface area contributed by atoms with Gasteiger partial charge in [0.05, 0.1) is 0 Å². The van der Waals surface area contributed by atoms with Crippen LogP contribution >= 0.6 is 0 Å². The number of hydrogen-bond acceptors (Lipinski definition) is 2. The van der Waals surface area contributed by atoms with Crippen molar-refractivity contribution in [1.82, 2.24) is 5.32 Å². The van der Waals surface area contributed by atoms with Gasteiger partial charge in [0.2, 0.25) is 0 Å². The van der Waals surface area contributed by atoms with Crippen molar-refractivity contribution in [2.75, 3.05) is 6.61 Å². The molecule has 0 radical (unpaired) electrons. The van der Waals surface area contributed by atoms with Crippen LogP contribution in [0, 0.1) is 0 Å². The van der Waals surface area contributed by atoms with Gasteiger partial charge in [-0.1, -0.05) is 25.1 Å². The van der Waals surface area contributed by atoms with Crippen molar-refractivity contribution in [2.45, 2.75) is 25.9 Å². The number of benzene rings is 1. The van der Waals surface area contributed by atoms with Gasteiger partial charge in [-0.05, 0) is 12.5 Å². The molecule has 2 nitrogen and oxygen atoms in total. The van der Waals surface area contributed by atoms with E-state index in [1.54, 1.807) is 0 Å². The number of nitrogens with one attached hydrogen (secondary N) is 1. The number of fused-ring (bicyclic) bond motifs is 1. The fraction of sp³-hybridized carbons (Fsp3) is 0.455. The van der Waals surface area contributed by atoms with Crippen molar-refractivity contribution < 1.29 is 4.74 Å². The Morgan fingerprint density at radius 3 is 3.15 bits per heavy atom. The van der Waals surface area contributed by atoms with Gasteiger partial charge in [0, 0.05) is 18.2 Å². The van der Waals surface area contributed by atoms with E-state index in [1.165, 1.54) is 5.56 Å². The van der Waals surface area contributed by atoms with Gasteiger partial charge in [-0.3, -0.25) is 0 Å². The van der Waals surface area contributed by atoms with E-state index in [2.05, 4.69) is 24.4 Å². The largest absolute Gasteiger partial charge is 0.492 e. The molecule has 1 N–H and O–H groups in total. The molecule has 0 amide bonds. The molecule has 13 heavy (non-hydrogen) atoms. The lowest BCUT2D eigenvalue weighted by molar-refractivity contribution is 0.274. The molecule has 0 saturated heterocycles. The normalized spacial score (nSPS) is 21.5. The highest BCUT2D eigenvalue weighted by molar-refractivity contribution is 5.33. The van der Waals surface area contributed by atoms with Gasteiger partial charge >= 0.3 is 0 Å². The maximum Gasteiger partial charge on any atom is 0.123 e. The zero-order valence-corrected chi connectivity index (χ0v) is 7.92. The van der Waals surface area contributed by atoms with Crippen LogP contribution in [0.25, 0.3) is 0 Å². The van der Waals surface area contributed by atoms with Crippen LogP contribution in [0.5, 0.6) is 5.75 Å². The first-order valence-corrected chi connectivity index (χ1v) is 4.84. The minimum absolute atomic E-state index is 0.493. The van der Waals surface area contributed by atoms with Crippen LogP contribution in [0.4, 0.5) is 0 Å². The first kappa shape index (κ1) is 8.57. The quantitative estimate of drug-likeness (QED) is 0.708. The first-order chi connectivity index (χ1) is 6.40. The Hall–Kier alpha value is -1.02. The highest BCUT2D eigenvalue weighted by Crippen LogP contribution is 2.20. The summed E-state index contributed by atoms with van der Waals surface area (Å²) in [5.41, 5.74) is 1.26. The molecule has 0 aliphatic carbocycles. The highest BCUT2D eigenvalue weighted by Gasteiger charge is 2.13. The molecule has 2 rings (SSSR count). The second kappa shape index (κ2) is 3.79. The molecular formula is C11H15NO. The van der Waals surface area contributed by atoms with Crippen molar-refractivity contribution in [2.24, 2.45) is 0 Å². The molecule has 1 aliphatic heterocycles. The number of rotatable bonds is 1. The van der Waals surface area contributed by atoms with Crippen LogP contribution in [0.15, 0.2) is 24.3 Å². The van der Waals surface area contributed by atoms with Crippen molar-refractivity contribution in [3.63, 3.8) is 0 Å². The zero-order valence-electron chi connectivity index (χ0n) is 7.92. The maximum absolute atomic E-state index is 5.69. The summed E-state index contributed by atoms with van der Waals surface area (Å²) in [6, 6.07) is 8.71. The van der Waals surface area contributed by atoms with Crippen molar-refractivity contribution in [1.29, 1.82) is 0 Å². The molecular weight excluding hydrogens is 162 g/mol. The number of ether oxygens (including phenoxy) is 1. The third-order valence-electron chi connectivity index (χ3n) is 2.49. The van der Waals surface area contributed by atoms with E-state index >= 15 is 0 Å². The van der Waals surface area contributed by atoms with E-state index < -0.39 is 0 Å². The van der Waals surface area contributed by atoms with Crippen LogP contribution in [-0.2, 0) is 6.54 Å². The number of para-hydroxylation sites is 1. The molecule has 1 aromatic carbocycles. The lowest BCUT2D eigenvalue weighted by Gasteiger charge is -2.11. The molecule has 0 spiro atoms. The second-order valence-corrected chi connectivity index (χ2v) is 3.40. The monoisotopic (exact) mass is 177 g/mol. The van der Waals surface area contributed by atoms with Crippen LogP contribution in [0.2, 0.25) is 0 Å². The summed E-state index contributed by atoms with van der Waals surface area (Å²) in [7, 11) is 0. The minimum Gasteiger partial charge on any atom is -0.492 e. The summed E-state index contributed by atoms with van der Waals surface area (Å²) >= 11 is 0. The summed E-state index contributed by atoms with van der Waals surface area (Å²) in [6.45, 7) is 3.89. The predicted molar refractivity (Wildman–Crippen MR) is 52.9 cm³/mol. The molecule has 70 valence electrons. The second-order valence-electron chi connectivity index (χ2n) is 3.40. The summed E-state index contributed by atoms with van der Waals surface area (Å²) in [4.78, 5) is 0. The predicted octanol–water partition coefficient (Wildman–Crippen LogP) is 1.95. The molecule has 0 fully saturated rings. The van der Waals surface area contributed by atoms with Crippen LogP contribution < -0.4 is 10.1 Å². The third kappa shape index (κ3) is 1.83. The molecule has 1 aromatic rings. The SMILES string of the molecule is CC[C@@H]1COc2ccccc2CN1. The Morgan fingerprint density at radius 2 is 2.31 bits per heavy atom. The van der Waals surface area contributed by atoms with E-state index in [1.807, 2.05) is 12.1 Å². The van der Waals surface area contributed by atoms with E-state index in [-0.39, 0.29) is 0 Å². The van der Waals surface area contributed by atoms with E-state index in [0.717, 1.165) is 25.3 Å². The smallest absolute Gasteiger partial charge is 0.123 e. The molecule has 0 aromatic heterocycles. The molecule has 0 unspecified atom stereocenters. The summed E-state index contributed by atoms with van der Waals surface area (Å²) in [6.07, 6.45) is 1.12. The summed E-state index contributed by atoms with van der Waals surface area (Å²) < 4.78 is 5.69. The Labute approximate surface area is 78.9 Å². The Kier molecular flexibility index (Phi) is 2.50. The van der Waals surface area contributed by atoms with Crippen molar-refractivity contribution in [3.05, 3.63) is 29.8 Å². The van der Waals surface area contributed by atoms with E-state index in [0.29, 0.717) is 6.04 Å². The van der Waals surface area contributed by atoms with Crippen molar-refractivity contribution >= 4 is 0 Å². The molecule has 1 atom stereocenters. The van der Waals surface area contributed by atoms with Gasteiger partial charge in [0.1, 0.15) is 12.4 Å². The molecule has 0 saturated carbocycles. The fourth-order valence-electron chi connectivity index (χ4n) is 1.56. The molecule has 1 heterocycles. The van der Waals surface area contributed by atoms with E-state index in [4.69, 9.17) is 4.74 Å². The van der Waals surface area contributed by atoms with E-state index in [9.17, 15) is 0 Å². The van der Waals surface area contributed by atoms with Gasteiger partial charge in [0.25, 0.3) is 0 Å². The lowest BCUT2D eigenvalue weighted by atomic mass is 10.2. The highest BCUT2D eigenvalue weighted by atomic mass is 16.5. The van der Waals surface area contributed by atoms with Crippen molar-refractivity contribution in [3.8, 4) is 5.75 Å². The van der Waals surface area contributed by atoms with Gasteiger partial charge in [0.15, 0.2) is 0 Å². The van der Waals surface area contributed by atoms with Gasteiger partial charge in [-0.25, -0.2) is 0 Å². The van der Waals surface area contributed by atoms with Crippen LogP contribution in [-0.4, -0.2) is 12.6 Å². The lowest BCUT2D eigenvalue weighted by Crippen LogP contribution is -2.31. The molecule has 1 aliphatic rings. The Balaban J connectivity index is 2.17. The first-order valence-electron chi connectivity index (χ1n) is 4.84. The average molecular weight is 177 g/mol. The van der Waals surface area contributed by atoms with Gasteiger partial charge in [-0.2, -0.15) is 0 Å². The summed E-state index contributed by atoms with van der Waals surface area (Å²) in [5.74, 6) is 1.03. The third-order valence-corrected chi connectivity index (χ3v) is 2.49.